The van der Waals surface area contributed by atoms with Crippen LogP contribution in [0.2, 0.25) is 0 Å². The molecule has 1 amide bonds. The van der Waals surface area contributed by atoms with Crippen LogP contribution in [0.3, 0.4) is 0 Å². The first-order valence-corrected chi connectivity index (χ1v) is 35.5. The third kappa shape index (κ3) is 63.6. The van der Waals surface area contributed by atoms with Crippen LogP contribution in [-0.2, 0) is 14.3 Å². The standard InChI is InChI=1S/C71H139NO5/c1-3-5-7-9-11-13-15-17-36-41-45-49-53-57-61-65-71(76)77-66-62-58-54-50-46-42-38-35-33-31-29-27-25-23-21-19-18-20-22-24-26-28-30-32-34-37-40-44-48-52-56-60-64-70(75)72-68(67-73)69(74)63-59-55-51-47-43-39-16-14-12-10-8-6-4-2/h59,63,68-69,73-74H,3-58,60-62,64-67H2,1-2H3,(H,72,75)/b63-59+. The molecule has 0 saturated carbocycles. The molecular weight excluding hydrogens is 947 g/mol. The van der Waals surface area contributed by atoms with E-state index in [1.807, 2.05) is 6.08 Å². The smallest absolute Gasteiger partial charge is 0.305 e. The minimum absolute atomic E-state index is 0.0247. The molecule has 77 heavy (non-hydrogen) atoms. The Hall–Kier alpha value is -1.40. The van der Waals surface area contributed by atoms with E-state index in [0.29, 0.717) is 19.4 Å². The summed E-state index contributed by atoms with van der Waals surface area (Å²) in [6.45, 7) is 4.94. The number of esters is 1. The Morgan fingerprint density at radius 3 is 0.883 bits per heavy atom. The lowest BCUT2D eigenvalue weighted by Crippen LogP contribution is -2.45. The fourth-order valence-electron chi connectivity index (χ4n) is 11.4. The van der Waals surface area contributed by atoms with Crippen LogP contribution in [0.15, 0.2) is 12.2 Å². The van der Waals surface area contributed by atoms with E-state index in [4.69, 9.17) is 4.74 Å². The fraction of sp³-hybridized carbons (Fsp3) is 0.944. The molecule has 3 N–H and O–H groups in total. The Balaban J connectivity index is 3.31. The van der Waals surface area contributed by atoms with Gasteiger partial charge in [-0.3, -0.25) is 9.59 Å². The molecule has 0 aromatic rings. The Morgan fingerprint density at radius 2 is 0.597 bits per heavy atom. The lowest BCUT2D eigenvalue weighted by atomic mass is 10.0. The van der Waals surface area contributed by atoms with Crippen molar-refractivity contribution in [3.63, 3.8) is 0 Å². The van der Waals surface area contributed by atoms with Gasteiger partial charge in [-0.05, 0) is 32.1 Å². The Kier molecular flexibility index (Phi) is 65.9. The summed E-state index contributed by atoms with van der Waals surface area (Å²) in [5.41, 5.74) is 0. The molecule has 2 unspecified atom stereocenters. The van der Waals surface area contributed by atoms with Crippen LogP contribution in [0.4, 0.5) is 0 Å². The minimum Gasteiger partial charge on any atom is -0.466 e. The Bertz CT molecular complexity index is 1160. The summed E-state index contributed by atoms with van der Waals surface area (Å²) >= 11 is 0. The predicted octanol–water partition coefficient (Wildman–Crippen LogP) is 22.8. The first-order valence-electron chi connectivity index (χ1n) is 35.5. The molecule has 0 bridgehead atoms. The maximum Gasteiger partial charge on any atom is 0.305 e. The number of amides is 1. The van der Waals surface area contributed by atoms with Crippen molar-refractivity contribution >= 4 is 11.9 Å². The topological polar surface area (TPSA) is 95.9 Å². The third-order valence-electron chi connectivity index (χ3n) is 16.8. The van der Waals surface area contributed by atoms with Crippen molar-refractivity contribution in [3.05, 3.63) is 12.2 Å². The molecule has 458 valence electrons. The molecule has 6 heteroatoms. The van der Waals surface area contributed by atoms with Crippen molar-refractivity contribution in [2.45, 2.75) is 418 Å². The summed E-state index contributed by atoms with van der Waals surface area (Å²) in [7, 11) is 0. The quantitative estimate of drug-likeness (QED) is 0.0320. The molecule has 0 aromatic heterocycles. The Labute approximate surface area is 482 Å². The van der Waals surface area contributed by atoms with E-state index in [-0.39, 0.29) is 18.5 Å². The summed E-state index contributed by atoms with van der Waals surface area (Å²) in [5, 5.41) is 23.1. The summed E-state index contributed by atoms with van der Waals surface area (Å²) in [4.78, 5) is 24.5. The average molecular weight is 1090 g/mol. The van der Waals surface area contributed by atoms with Gasteiger partial charge in [0.25, 0.3) is 0 Å². The van der Waals surface area contributed by atoms with E-state index in [2.05, 4.69) is 19.2 Å². The number of nitrogens with one attached hydrogen (secondary N) is 1. The first-order chi connectivity index (χ1) is 38.0. The molecule has 0 saturated heterocycles. The SMILES string of the molecule is CCCCCCCCCCCCC/C=C/C(O)C(CO)NC(=O)CCCCCCCCCCCCCCCCCCCCCCCCCCCCCCCCCCOC(=O)CCCCCCCCCCCCCCCCC. The van der Waals surface area contributed by atoms with Crippen molar-refractivity contribution in [1.82, 2.24) is 5.32 Å². The zero-order valence-corrected chi connectivity index (χ0v) is 52.5. The lowest BCUT2D eigenvalue weighted by Gasteiger charge is -2.20. The highest BCUT2D eigenvalue weighted by molar-refractivity contribution is 5.76. The zero-order valence-electron chi connectivity index (χ0n) is 52.5. The first kappa shape index (κ1) is 75.6. The number of aliphatic hydroxyl groups is 2. The molecule has 0 aromatic carbocycles. The maximum absolute atomic E-state index is 12.5. The molecule has 0 aliphatic carbocycles. The van der Waals surface area contributed by atoms with Crippen LogP contribution in [0.5, 0.6) is 0 Å². The number of unbranched alkanes of at least 4 members (excludes halogenated alkanes) is 56. The van der Waals surface area contributed by atoms with Gasteiger partial charge in [0.05, 0.1) is 25.4 Å². The largest absolute Gasteiger partial charge is 0.466 e. The maximum atomic E-state index is 12.5. The van der Waals surface area contributed by atoms with Gasteiger partial charge in [-0.25, -0.2) is 0 Å². The van der Waals surface area contributed by atoms with Gasteiger partial charge in [0.1, 0.15) is 0 Å². The molecule has 0 heterocycles. The number of ether oxygens (including phenoxy) is 1. The molecule has 2 atom stereocenters. The molecule has 0 fully saturated rings. The zero-order chi connectivity index (χ0) is 55.7. The average Bonchev–Trinajstić information content (AvgIpc) is 3.43. The van der Waals surface area contributed by atoms with Crippen LogP contribution < -0.4 is 5.32 Å². The second kappa shape index (κ2) is 67.1. The minimum atomic E-state index is -0.839. The number of hydrogen-bond acceptors (Lipinski definition) is 5. The number of hydrogen-bond donors (Lipinski definition) is 3. The predicted molar refractivity (Wildman–Crippen MR) is 338 cm³/mol. The van der Waals surface area contributed by atoms with Gasteiger partial charge in [-0.15, -0.1) is 0 Å². The van der Waals surface area contributed by atoms with Gasteiger partial charge in [0.15, 0.2) is 0 Å². The highest BCUT2D eigenvalue weighted by Crippen LogP contribution is 2.19. The van der Waals surface area contributed by atoms with Gasteiger partial charge in [-0.2, -0.15) is 0 Å². The number of aliphatic hydroxyl groups excluding tert-OH is 2. The highest BCUT2D eigenvalue weighted by Gasteiger charge is 2.18. The summed E-state index contributed by atoms with van der Waals surface area (Å²) in [6, 6.07) is -0.623. The van der Waals surface area contributed by atoms with Crippen LogP contribution in [-0.4, -0.2) is 47.4 Å². The summed E-state index contributed by atoms with van der Waals surface area (Å²) in [6.07, 6.45) is 83.1. The van der Waals surface area contributed by atoms with E-state index in [0.717, 1.165) is 38.5 Å². The van der Waals surface area contributed by atoms with Gasteiger partial charge in [0.2, 0.25) is 5.91 Å². The van der Waals surface area contributed by atoms with Crippen LogP contribution in [0, 0.1) is 0 Å². The monoisotopic (exact) mass is 1090 g/mol. The summed E-state index contributed by atoms with van der Waals surface area (Å²) in [5.74, 6) is -0.0367. The van der Waals surface area contributed by atoms with E-state index >= 15 is 0 Å². The Morgan fingerprint density at radius 1 is 0.351 bits per heavy atom. The van der Waals surface area contributed by atoms with Crippen LogP contribution >= 0.6 is 0 Å². The normalized spacial score (nSPS) is 12.5. The molecule has 0 aliphatic rings. The van der Waals surface area contributed by atoms with Crippen molar-refractivity contribution in [2.75, 3.05) is 13.2 Å². The van der Waals surface area contributed by atoms with E-state index < -0.39 is 12.1 Å². The van der Waals surface area contributed by atoms with Crippen LogP contribution in [0.1, 0.15) is 406 Å². The van der Waals surface area contributed by atoms with E-state index in [1.54, 1.807) is 6.08 Å². The van der Waals surface area contributed by atoms with Crippen molar-refractivity contribution < 1.29 is 24.5 Å². The van der Waals surface area contributed by atoms with Gasteiger partial charge in [-0.1, -0.05) is 373 Å². The lowest BCUT2D eigenvalue weighted by molar-refractivity contribution is -0.143. The molecule has 6 nitrogen and oxygen atoms in total. The van der Waals surface area contributed by atoms with Gasteiger partial charge >= 0.3 is 5.97 Å². The van der Waals surface area contributed by atoms with E-state index in [1.165, 1.54) is 340 Å². The number of carbonyl (C=O) groups is 2. The highest BCUT2D eigenvalue weighted by atomic mass is 16.5. The third-order valence-corrected chi connectivity index (χ3v) is 16.8. The van der Waals surface area contributed by atoms with Gasteiger partial charge in [0, 0.05) is 12.8 Å². The molecular formula is C71H139NO5. The van der Waals surface area contributed by atoms with Crippen LogP contribution in [0.25, 0.3) is 0 Å². The number of carbonyl (C=O) groups excluding carboxylic acids is 2. The molecule has 0 aliphatic heterocycles. The number of rotatable bonds is 67. The van der Waals surface area contributed by atoms with Gasteiger partial charge < -0.3 is 20.3 Å². The van der Waals surface area contributed by atoms with Crippen molar-refractivity contribution in [3.8, 4) is 0 Å². The second-order valence-corrected chi connectivity index (χ2v) is 24.6. The molecule has 0 spiro atoms. The molecule has 0 rings (SSSR count). The molecule has 0 radical (unpaired) electrons. The van der Waals surface area contributed by atoms with Crippen molar-refractivity contribution in [1.29, 1.82) is 0 Å². The fourth-order valence-corrected chi connectivity index (χ4v) is 11.4. The van der Waals surface area contributed by atoms with Crippen molar-refractivity contribution in [2.24, 2.45) is 0 Å². The second-order valence-electron chi connectivity index (χ2n) is 24.6. The number of allylic oxidation sites excluding steroid dienone is 1. The van der Waals surface area contributed by atoms with E-state index in [9.17, 15) is 19.8 Å². The summed E-state index contributed by atoms with van der Waals surface area (Å²) < 4.78 is 5.50.